The fourth-order valence-electron chi connectivity index (χ4n) is 26.9. The lowest BCUT2D eigenvalue weighted by molar-refractivity contribution is -0.156. The number of likely N-dealkylation sites (tertiary alicyclic amines) is 18. The minimum absolute atomic E-state index is 0.00850. The Kier molecular flexibility index (Phi) is 27.9. The summed E-state index contributed by atoms with van der Waals surface area (Å²) in [6.07, 6.45) is 13.1. The maximum absolute atomic E-state index is 15.2. The number of nitrogens with two attached hydrogens (primary N) is 1. The Hall–Kier alpha value is -11.4. The van der Waals surface area contributed by atoms with Crippen molar-refractivity contribution in [2.24, 2.45) is 16.0 Å². The SMILES string of the molecule is CC(=O)N1C[C@@H](N=[N+]=[N-])C[C@H]1C(=O)N1CCC[C@H]1C(=O)N1CCC[C@H]1C(=O)N1CCC[C@H]1C(=O)N1CCC[C@H]1C(=O)N1CCC[C@H]1C(=O)N1CCC[C@H]1C(=O)N1CCC[C@H]1C(=O)N1CCC[C@H]1C(=O)N1CCC[C@H]1C(=O)N1CCC[C@H]1C(=O)N1CCC[C@H]1C(=O)N1CCC[C@H]1C(=O)N1CCC[C@H]1C(=O)N1CCC[C@H]1C(=O)N1C[C@@H](N=[N+]=[N-])C[C@H]1C(=O)N1CCC[C@H]1C(=O)N1CCC[C@H]1C(N)=O. The maximum Gasteiger partial charge on any atom is 0.246 e. The van der Waals surface area contributed by atoms with E-state index in [9.17, 15) is 48.7 Å². The average Bonchev–Trinajstić information content (AvgIpc) is 1.62. The first-order valence-corrected chi connectivity index (χ1v) is 50.5. The highest BCUT2D eigenvalue weighted by molar-refractivity contribution is 6.04. The molecular weight excluding hydrogens is 1760 g/mol. The lowest BCUT2D eigenvalue weighted by Crippen LogP contribution is -2.60. The van der Waals surface area contributed by atoms with Gasteiger partial charge in [0.2, 0.25) is 112 Å². The first-order valence-electron chi connectivity index (χ1n) is 50.5. The van der Waals surface area contributed by atoms with Crippen LogP contribution in [0.15, 0.2) is 10.2 Å². The van der Waals surface area contributed by atoms with E-state index in [0.29, 0.717) is 206 Å². The number of amides is 19. The van der Waals surface area contributed by atoms with Crippen LogP contribution in [0.5, 0.6) is 0 Å². The Morgan fingerprint density at radius 3 is 0.471 bits per heavy atom. The van der Waals surface area contributed by atoms with Gasteiger partial charge in [0, 0.05) is 135 Å². The summed E-state index contributed by atoms with van der Waals surface area (Å²) in [6.45, 7) is 5.10. The third-order valence-electron chi connectivity index (χ3n) is 33.4. The molecule has 18 saturated heterocycles. The van der Waals surface area contributed by atoms with E-state index < -0.39 is 204 Å². The molecule has 0 aromatic carbocycles. The lowest BCUT2D eigenvalue weighted by Gasteiger charge is -2.38. The third-order valence-corrected chi connectivity index (χ3v) is 33.4. The highest BCUT2D eigenvalue weighted by Crippen LogP contribution is 2.41. The highest BCUT2D eigenvalue weighted by atomic mass is 16.2. The van der Waals surface area contributed by atoms with Gasteiger partial charge >= 0.3 is 0 Å². The van der Waals surface area contributed by atoms with E-state index in [2.05, 4.69) is 20.1 Å². The molecule has 18 heterocycles. The van der Waals surface area contributed by atoms with Gasteiger partial charge in [0.05, 0.1) is 12.1 Å². The van der Waals surface area contributed by atoms with Crippen LogP contribution < -0.4 is 5.73 Å². The van der Waals surface area contributed by atoms with E-state index in [-0.39, 0.29) is 160 Å². The minimum atomic E-state index is -1.12. The zero-order chi connectivity index (χ0) is 95.5. The predicted octanol–water partition coefficient (Wildman–Crippen LogP) is -0.0928. The van der Waals surface area contributed by atoms with E-state index in [0.717, 1.165) is 0 Å². The number of azide groups is 2. The molecule has 0 unspecified atom stereocenters. The van der Waals surface area contributed by atoms with Gasteiger partial charge in [-0.2, -0.15) is 0 Å². The first-order chi connectivity index (χ1) is 65.7. The molecule has 736 valence electrons. The van der Waals surface area contributed by atoms with Gasteiger partial charge in [-0.25, -0.2) is 0 Å². The van der Waals surface area contributed by atoms with Crippen molar-refractivity contribution in [2.45, 2.75) is 346 Å². The standard InChI is InChI=1S/C92H129N25O19/c1-54(118)116-52-55(96-98-94)50-73(116)91(135)114-48-16-32-71(114)89(133)112-46-13-30-69(112)87(131)110-44-11-28-67(110)85(129)108-42-9-26-65(108)83(127)106-40-7-24-63(106)81(125)104-38-5-22-61(104)79(123)102-36-3-20-59(102)77(121)101-35-4-21-60(101)78(122)103-37-6-23-62(103)80(124)105-39-8-25-64(105)82(126)107-41-10-27-66(107)84(128)109-43-12-29-68(109)86(130)111-45-14-31-70(111)88(132)113-47-17-33-72(113)90(134)117-53-56(97-99-95)51-74(117)92(136)115-49-15-19-58(115)76(120)100-34-2-18-57(100)75(93)119/h55-74H,2-53H2,1H3,(H2,93,119)/t55-,56-,57-,58-,59-,60-,61-,62-,63-,64-,65-,66-,67-,68-,69-,70-,71-,72-,73-,74-/m0/s1. The molecule has 2 N–H and O–H groups in total. The first kappa shape index (κ1) is 94.9. The van der Waals surface area contributed by atoms with Crippen molar-refractivity contribution < 1.29 is 91.1 Å². The average molecular weight is 1890 g/mol. The summed E-state index contributed by atoms with van der Waals surface area (Å²) in [5.41, 5.74) is 24.3. The van der Waals surface area contributed by atoms with E-state index in [1.165, 1.54) is 75.5 Å². The van der Waals surface area contributed by atoms with E-state index in [1.807, 2.05) is 0 Å². The number of hydrogen-bond donors (Lipinski definition) is 1. The van der Waals surface area contributed by atoms with Crippen LogP contribution in [0, 0.1) is 0 Å². The van der Waals surface area contributed by atoms with Crippen molar-refractivity contribution in [1.29, 1.82) is 0 Å². The van der Waals surface area contributed by atoms with Crippen molar-refractivity contribution in [2.75, 3.05) is 118 Å². The molecule has 0 aliphatic carbocycles. The van der Waals surface area contributed by atoms with Gasteiger partial charge in [0.15, 0.2) is 0 Å². The minimum Gasteiger partial charge on any atom is -0.368 e. The molecule has 0 saturated carbocycles. The Morgan fingerprint density at radius 2 is 0.324 bits per heavy atom. The number of hydrogen-bond acceptors (Lipinski definition) is 21. The van der Waals surface area contributed by atoms with Crippen LogP contribution in [0.25, 0.3) is 20.9 Å². The van der Waals surface area contributed by atoms with E-state index in [4.69, 9.17) is 11.3 Å². The lowest BCUT2D eigenvalue weighted by atomic mass is 10.1. The molecule has 18 aliphatic rings. The van der Waals surface area contributed by atoms with Crippen LogP contribution in [0.2, 0.25) is 0 Å². The largest absolute Gasteiger partial charge is 0.368 e. The molecule has 18 fully saturated rings. The van der Waals surface area contributed by atoms with Gasteiger partial charge in [-0.05, 0) is 229 Å². The summed E-state index contributed by atoms with van der Waals surface area (Å²) in [7, 11) is 0. The molecule has 44 heteroatoms. The van der Waals surface area contributed by atoms with Crippen LogP contribution in [-0.4, -0.2) is 439 Å². The van der Waals surface area contributed by atoms with Crippen LogP contribution in [-0.2, 0) is 91.1 Å². The second-order valence-corrected chi connectivity index (χ2v) is 40.8. The summed E-state index contributed by atoms with van der Waals surface area (Å²) in [5, 5.41) is 7.67. The predicted molar refractivity (Wildman–Crippen MR) is 477 cm³/mol. The Labute approximate surface area is 788 Å². The molecule has 0 aromatic rings. The smallest absolute Gasteiger partial charge is 0.246 e. The number of nitrogens with zero attached hydrogens (tertiary/aromatic N) is 24. The van der Waals surface area contributed by atoms with Gasteiger partial charge in [-0.3, -0.25) is 91.1 Å². The second kappa shape index (κ2) is 39.9. The normalized spacial score (nSPS) is 32.9. The maximum atomic E-state index is 15.2. The van der Waals surface area contributed by atoms with Crippen molar-refractivity contribution in [3.05, 3.63) is 20.9 Å². The van der Waals surface area contributed by atoms with Crippen LogP contribution in [0.1, 0.15) is 225 Å². The van der Waals surface area contributed by atoms with Gasteiger partial charge < -0.3 is 93.9 Å². The molecule has 0 radical (unpaired) electrons. The van der Waals surface area contributed by atoms with Gasteiger partial charge in [0.1, 0.15) is 109 Å². The van der Waals surface area contributed by atoms with Crippen molar-refractivity contribution in [1.82, 2.24) is 88.2 Å². The summed E-state index contributed by atoms with van der Waals surface area (Å²) in [4.78, 5) is 311. The number of carbonyl (C=O) groups is 19. The van der Waals surface area contributed by atoms with E-state index in [1.54, 1.807) is 19.6 Å². The molecule has 0 spiro atoms. The molecule has 19 amide bonds. The zero-order valence-corrected chi connectivity index (χ0v) is 77.9. The monoisotopic (exact) mass is 1890 g/mol. The molecule has 136 heavy (non-hydrogen) atoms. The molecular formula is C92H129N25O19. The van der Waals surface area contributed by atoms with Gasteiger partial charge in [-0.15, -0.1) is 0 Å². The topological polar surface area (TPSA) is 506 Å². The molecule has 18 rings (SSSR count). The third kappa shape index (κ3) is 17.4. The number of rotatable bonds is 20. The van der Waals surface area contributed by atoms with Gasteiger partial charge in [-0.1, -0.05) is 10.2 Å². The second-order valence-electron chi connectivity index (χ2n) is 40.8. The molecule has 20 atom stereocenters. The van der Waals surface area contributed by atoms with E-state index >= 15 is 47.9 Å². The number of carbonyl (C=O) groups excluding carboxylic acids is 19. The summed E-state index contributed by atoms with van der Waals surface area (Å²) in [5.74, 6) is -8.05. The summed E-state index contributed by atoms with van der Waals surface area (Å²) in [6, 6.07) is -18.3. The zero-order valence-electron chi connectivity index (χ0n) is 77.9. The molecule has 0 bridgehead atoms. The highest BCUT2D eigenvalue weighted by Gasteiger charge is 2.58. The molecule has 0 aromatic heterocycles. The van der Waals surface area contributed by atoms with Crippen molar-refractivity contribution in [3.63, 3.8) is 0 Å². The molecule has 18 aliphatic heterocycles. The Bertz CT molecular complexity index is 4870. The number of primary amides is 1. The van der Waals surface area contributed by atoms with Crippen LogP contribution in [0.4, 0.5) is 0 Å². The van der Waals surface area contributed by atoms with Crippen molar-refractivity contribution >= 4 is 112 Å². The van der Waals surface area contributed by atoms with Crippen molar-refractivity contribution in [3.8, 4) is 0 Å². The Morgan fingerprint density at radius 1 is 0.199 bits per heavy atom. The fourth-order valence-corrected chi connectivity index (χ4v) is 26.9. The van der Waals surface area contributed by atoms with Crippen LogP contribution >= 0.6 is 0 Å². The van der Waals surface area contributed by atoms with Crippen LogP contribution in [0.3, 0.4) is 0 Å². The van der Waals surface area contributed by atoms with Gasteiger partial charge in [0.25, 0.3) is 0 Å². The molecule has 44 nitrogen and oxygen atoms in total. The summed E-state index contributed by atoms with van der Waals surface area (Å²) >= 11 is 0. The summed E-state index contributed by atoms with van der Waals surface area (Å²) < 4.78 is 0. The quantitative estimate of drug-likeness (QED) is 0.0945. The Balaban J connectivity index is 0.470. The fraction of sp³-hybridized carbons (Fsp3) is 0.793.